The van der Waals surface area contributed by atoms with Gasteiger partial charge >= 0.3 is 5.97 Å². The van der Waals surface area contributed by atoms with Gasteiger partial charge in [0.15, 0.2) is 0 Å². The van der Waals surface area contributed by atoms with E-state index in [9.17, 15) is 9.59 Å². The van der Waals surface area contributed by atoms with Crippen molar-refractivity contribution in [3.8, 4) is 0 Å². The van der Waals surface area contributed by atoms with E-state index in [-0.39, 0.29) is 6.61 Å². The fourth-order valence-corrected chi connectivity index (χ4v) is 1.09. The van der Waals surface area contributed by atoms with E-state index in [1.807, 2.05) is 6.92 Å². The maximum atomic E-state index is 11.3. The van der Waals surface area contributed by atoms with Crippen molar-refractivity contribution in [2.75, 3.05) is 26.9 Å². The lowest BCUT2D eigenvalue weighted by Crippen LogP contribution is -2.42. The van der Waals surface area contributed by atoms with Gasteiger partial charge < -0.3 is 19.9 Å². The molecular formula is C10H19NO5. The van der Waals surface area contributed by atoms with Gasteiger partial charge in [-0.05, 0) is 6.42 Å². The average Bonchev–Trinajstić information content (AvgIpc) is 2.23. The Labute approximate surface area is 94.9 Å². The Kier molecular flexibility index (Phi) is 8.46. The highest BCUT2D eigenvalue weighted by atomic mass is 16.5. The van der Waals surface area contributed by atoms with Crippen LogP contribution in [-0.4, -0.2) is 50.0 Å². The van der Waals surface area contributed by atoms with Gasteiger partial charge in [0.25, 0.3) is 0 Å². The zero-order chi connectivity index (χ0) is 12.4. The number of rotatable bonds is 9. The molecule has 0 bridgehead atoms. The SMILES string of the molecule is CCCC(NC(=O)COCCOC)C(=O)O. The molecule has 0 aromatic carbocycles. The fourth-order valence-electron chi connectivity index (χ4n) is 1.09. The summed E-state index contributed by atoms with van der Waals surface area (Å²) in [5, 5.41) is 11.2. The van der Waals surface area contributed by atoms with Crippen LogP contribution in [0.15, 0.2) is 0 Å². The van der Waals surface area contributed by atoms with Crippen LogP contribution in [0.2, 0.25) is 0 Å². The van der Waals surface area contributed by atoms with Crippen molar-refractivity contribution in [3.05, 3.63) is 0 Å². The van der Waals surface area contributed by atoms with Crippen molar-refractivity contribution in [2.24, 2.45) is 0 Å². The summed E-state index contributed by atoms with van der Waals surface area (Å²) in [5.41, 5.74) is 0. The third kappa shape index (κ3) is 7.19. The lowest BCUT2D eigenvalue weighted by atomic mass is 10.2. The molecule has 1 amide bonds. The van der Waals surface area contributed by atoms with Gasteiger partial charge in [-0.15, -0.1) is 0 Å². The minimum absolute atomic E-state index is 0.142. The Balaban J connectivity index is 3.77. The van der Waals surface area contributed by atoms with Crippen molar-refractivity contribution in [3.63, 3.8) is 0 Å². The van der Waals surface area contributed by atoms with Gasteiger partial charge in [-0.2, -0.15) is 0 Å². The number of nitrogens with one attached hydrogen (secondary N) is 1. The van der Waals surface area contributed by atoms with Gasteiger partial charge in [-0.3, -0.25) is 4.79 Å². The van der Waals surface area contributed by atoms with E-state index >= 15 is 0 Å². The second kappa shape index (κ2) is 9.11. The molecule has 1 unspecified atom stereocenters. The molecule has 0 aromatic heterocycles. The molecule has 0 spiro atoms. The largest absolute Gasteiger partial charge is 0.480 e. The van der Waals surface area contributed by atoms with E-state index in [2.05, 4.69) is 5.32 Å². The van der Waals surface area contributed by atoms with Crippen molar-refractivity contribution in [2.45, 2.75) is 25.8 Å². The highest BCUT2D eigenvalue weighted by molar-refractivity contribution is 5.84. The number of hydrogen-bond acceptors (Lipinski definition) is 4. The maximum Gasteiger partial charge on any atom is 0.326 e. The number of hydrogen-bond donors (Lipinski definition) is 2. The van der Waals surface area contributed by atoms with E-state index < -0.39 is 17.9 Å². The van der Waals surface area contributed by atoms with Crippen molar-refractivity contribution >= 4 is 11.9 Å². The predicted molar refractivity (Wildman–Crippen MR) is 57.2 cm³/mol. The summed E-state index contributed by atoms with van der Waals surface area (Å²) in [4.78, 5) is 22.0. The van der Waals surface area contributed by atoms with Crippen LogP contribution in [0.5, 0.6) is 0 Å². The molecule has 2 N–H and O–H groups in total. The highest BCUT2D eigenvalue weighted by Gasteiger charge is 2.18. The molecule has 0 radical (unpaired) electrons. The van der Waals surface area contributed by atoms with Crippen LogP contribution in [0.25, 0.3) is 0 Å². The van der Waals surface area contributed by atoms with Crippen LogP contribution >= 0.6 is 0 Å². The molecule has 0 aliphatic heterocycles. The molecule has 0 fully saturated rings. The van der Waals surface area contributed by atoms with Gasteiger partial charge in [-0.25, -0.2) is 4.79 Å². The zero-order valence-electron chi connectivity index (χ0n) is 9.69. The fraction of sp³-hybridized carbons (Fsp3) is 0.800. The number of amides is 1. The second-order valence-electron chi connectivity index (χ2n) is 3.29. The number of carbonyl (C=O) groups excluding carboxylic acids is 1. The van der Waals surface area contributed by atoms with Crippen LogP contribution in [0.1, 0.15) is 19.8 Å². The molecule has 0 rings (SSSR count). The van der Waals surface area contributed by atoms with Crippen LogP contribution < -0.4 is 5.32 Å². The molecule has 6 heteroatoms. The zero-order valence-corrected chi connectivity index (χ0v) is 9.69. The first-order chi connectivity index (χ1) is 7.61. The van der Waals surface area contributed by atoms with Gasteiger partial charge in [0.05, 0.1) is 13.2 Å². The smallest absolute Gasteiger partial charge is 0.326 e. The third-order valence-electron chi connectivity index (χ3n) is 1.88. The molecule has 0 saturated heterocycles. The van der Waals surface area contributed by atoms with E-state index in [0.717, 1.165) is 0 Å². The quantitative estimate of drug-likeness (QED) is 0.548. The summed E-state index contributed by atoms with van der Waals surface area (Å²) in [6.07, 6.45) is 1.11. The number of carboxylic acids is 1. The first-order valence-corrected chi connectivity index (χ1v) is 5.20. The Morgan fingerprint density at radius 2 is 2.06 bits per heavy atom. The molecule has 1 atom stereocenters. The van der Waals surface area contributed by atoms with Gasteiger partial charge in [0, 0.05) is 7.11 Å². The molecular weight excluding hydrogens is 214 g/mol. The minimum Gasteiger partial charge on any atom is -0.480 e. The Morgan fingerprint density at radius 1 is 1.38 bits per heavy atom. The van der Waals surface area contributed by atoms with Crippen LogP contribution in [-0.2, 0) is 19.1 Å². The predicted octanol–water partition coefficient (Wildman–Crippen LogP) is 0.0189. The Morgan fingerprint density at radius 3 is 2.56 bits per heavy atom. The van der Waals surface area contributed by atoms with Crippen LogP contribution in [0.4, 0.5) is 0 Å². The molecule has 0 aromatic rings. The van der Waals surface area contributed by atoms with Gasteiger partial charge in [0.2, 0.25) is 5.91 Å². The van der Waals surface area contributed by atoms with E-state index in [4.69, 9.17) is 14.6 Å². The summed E-state index contributed by atoms with van der Waals surface area (Å²) < 4.78 is 9.70. The molecule has 0 heterocycles. The summed E-state index contributed by atoms with van der Waals surface area (Å²) >= 11 is 0. The third-order valence-corrected chi connectivity index (χ3v) is 1.88. The molecule has 6 nitrogen and oxygen atoms in total. The minimum atomic E-state index is -1.02. The Bertz CT molecular complexity index is 219. The van der Waals surface area contributed by atoms with Crippen LogP contribution in [0, 0.1) is 0 Å². The topological polar surface area (TPSA) is 84.9 Å². The summed E-state index contributed by atoms with van der Waals surface area (Å²) in [7, 11) is 1.53. The number of ether oxygens (including phenoxy) is 2. The van der Waals surface area contributed by atoms with Crippen LogP contribution in [0.3, 0.4) is 0 Å². The van der Waals surface area contributed by atoms with Crippen molar-refractivity contribution in [1.29, 1.82) is 0 Å². The lowest BCUT2D eigenvalue weighted by Gasteiger charge is -2.13. The van der Waals surface area contributed by atoms with E-state index in [1.54, 1.807) is 0 Å². The summed E-state index contributed by atoms with van der Waals surface area (Å²) in [5.74, 6) is -1.44. The standard InChI is InChI=1S/C10H19NO5/c1-3-4-8(10(13)14)11-9(12)7-16-6-5-15-2/h8H,3-7H2,1-2H3,(H,11,12)(H,13,14). The monoisotopic (exact) mass is 233 g/mol. The number of carbonyl (C=O) groups is 2. The summed E-state index contributed by atoms with van der Waals surface area (Å²) in [6, 6.07) is -0.830. The van der Waals surface area contributed by atoms with Gasteiger partial charge in [-0.1, -0.05) is 13.3 Å². The first-order valence-electron chi connectivity index (χ1n) is 5.20. The normalized spacial score (nSPS) is 12.1. The molecule has 0 saturated carbocycles. The highest BCUT2D eigenvalue weighted by Crippen LogP contribution is 1.96. The van der Waals surface area contributed by atoms with Crippen molar-refractivity contribution in [1.82, 2.24) is 5.32 Å². The maximum absolute atomic E-state index is 11.3. The van der Waals surface area contributed by atoms with E-state index in [1.165, 1.54) is 7.11 Å². The molecule has 94 valence electrons. The van der Waals surface area contributed by atoms with Gasteiger partial charge in [0.1, 0.15) is 12.6 Å². The molecule has 16 heavy (non-hydrogen) atoms. The molecule has 0 aliphatic carbocycles. The van der Waals surface area contributed by atoms with Crippen molar-refractivity contribution < 1.29 is 24.2 Å². The number of aliphatic carboxylic acids is 1. The first kappa shape index (κ1) is 14.9. The lowest BCUT2D eigenvalue weighted by molar-refractivity contribution is -0.142. The Hall–Kier alpha value is -1.14. The summed E-state index contributed by atoms with van der Waals surface area (Å²) in [6.45, 7) is 2.44. The number of carboxylic acid groups (broad SMARTS) is 1. The number of methoxy groups -OCH3 is 1. The van der Waals surface area contributed by atoms with E-state index in [0.29, 0.717) is 26.1 Å². The molecule has 0 aliphatic rings. The average molecular weight is 233 g/mol. The second-order valence-corrected chi connectivity index (χ2v) is 3.29.